The number of methoxy groups -OCH3 is 1. The molecule has 2 atom stereocenters. The summed E-state index contributed by atoms with van der Waals surface area (Å²) in [6.45, 7) is 3.48. The van der Waals surface area contributed by atoms with Gasteiger partial charge in [-0.25, -0.2) is 0 Å². The minimum absolute atomic E-state index is 0.183. The summed E-state index contributed by atoms with van der Waals surface area (Å²) in [5.41, 5.74) is 1.03. The zero-order valence-corrected chi connectivity index (χ0v) is 14.3. The molecule has 1 amide bonds. The molecule has 3 heterocycles. The van der Waals surface area contributed by atoms with E-state index in [-0.39, 0.29) is 17.4 Å². The predicted molar refractivity (Wildman–Crippen MR) is 91.3 cm³/mol. The molecule has 130 valence electrons. The highest BCUT2D eigenvalue weighted by Crippen LogP contribution is 2.44. The number of amides is 1. The van der Waals surface area contributed by atoms with Crippen molar-refractivity contribution >= 4 is 5.91 Å². The molecule has 3 fully saturated rings. The van der Waals surface area contributed by atoms with Gasteiger partial charge < -0.3 is 14.8 Å². The summed E-state index contributed by atoms with van der Waals surface area (Å²) in [7, 11) is 1.73. The van der Waals surface area contributed by atoms with E-state index >= 15 is 0 Å². The molecule has 1 spiro atoms. The first-order valence-corrected chi connectivity index (χ1v) is 8.97. The van der Waals surface area contributed by atoms with Crippen LogP contribution in [-0.4, -0.2) is 55.8 Å². The van der Waals surface area contributed by atoms with Crippen LogP contribution in [0.5, 0.6) is 5.75 Å². The van der Waals surface area contributed by atoms with E-state index in [2.05, 4.69) is 22.3 Å². The Kier molecular flexibility index (Phi) is 4.22. The first-order chi connectivity index (χ1) is 11.7. The van der Waals surface area contributed by atoms with Crippen LogP contribution >= 0.6 is 0 Å². The number of likely N-dealkylation sites (tertiary alicyclic amines) is 1. The third kappa shape index (κ3) is 2.70. The van der Waals surface area contributed by atoms with E-state index in [4.69, 9.17) is 9.47 Å². The SMILES string of the molecule is COc1ccccc1[C@@H]1CN(C2COC2)C[C@]12CCCCC(=O)N2. The molecular formula is C19H26N2O3. The second kappa shape index (κ2) is 6.37. The normalized spacial score (nSPS) is 31.5. The first-order valence-electron chi connectivity index (χ1n) is 8.97. The van der Waals surface area contributed by atoms with Crippen molar-refractivity contribution in [3.63, 3.8) is 0 Å². The molecule has 0 bridgehead atoms. The van der Waals surface area contributed by atoms with E-state index < -0.39 is 0 Å². The molecule has 5 nitrogen and oxygen atoms in total. The first kappa shape index (κ1) is 15.9. The third-order valence-corrected chi connectivity index (χ3v) is 5.89. The molecule has 0 aliphatic carbocycles. The van der Waals surface area contributed by atoms with Gasteiger partial charge in [-0.05, 0) is 18.9 Å². The molecule has 1 N–H and O–H groups in total. The number of carbonyl (C=O) groups excluding carboxylic acids is 1. The van der Waals surface area contributed by atoms with E-state index in [9.17, 15) is 4.79 Å². The highest BCUT2D eigenvalue weighted by Gasteiger charge is 2.51. The Morgan fingerprint density at radius 3 is 2.88 bits per heavy atom. The lowest BCUT2D eigenvalue weighted by Gasteiger charge is -2.37. The van der Waals surface area contributed by atoms with Crippen LogP contribution in [0.15, 0.2) is 24.3 Å². The molecule has 3 aliphatic rings. The van der Waals surface area contributed by atoms with Crippen LogP contribution < -0.4 is 10.1 Å². The maximum atomic E-state index is 12.4. The summed E-state index contributed by atoms with van der Waals surface area (Å²) in [6.07, 6.45) is 3.76. The maximum Gasteiger partial charge on any atom is 0.220 e. The highest BCUT2D eigenvalue weighted by molar-refractivity contribution is 5.77. The zero-order chi connectivity index (χ0) is 16.6. The molecule has 1 aromatic carbocycles. The van der Waals surface area contributed by atoms with Crippen molar-refractivity contribution in [1.82, 2.24) is 10.2 Å². The molecule has 0 unspecified atom stereocenters. The number of hydrogen-bond donors (Lipinski definition) is 1. The predicted octanol–water partition coefficient (Wildman–Crippen LogP) is 1.92. The smallest absolute Gasteiger partial charge is 0.220 e. The van der Waals surface area contributed by atoms with Crippen LogP contribution in [0.4, 0.5) is 0 Å². The summed E-state index contributed by atoms with van der Waals surface area (Å²) in [5.74, 6) is 1.38. The minimum atomic E-state index is -0.183. The summed E-state index contributed by atoms with van der Waals surface area (Å²) in [5, 5.41) is 3.41. The number of benzene rings is 1. The largest absolute Gasteiger partial charge is 0.496 e. The average Bonchev–Trinajstić information content (AvgIpc) is 2.76. The van der Waals surface area contributed by atoms with Crippen molar-refractivity contribution in [2.24, 2.45) is 0 Å². The molecular weight excluding hydrogens is 304 g/mol. The number of nitrogens with one attached hydrogen (secondary N) is 1. The Labute approximate surface area is 143 Å². The number of carbonyl (C=O) groups is 1. The molecule has 4 rings (SSSR count). The Morgan fingerprint density at radius 1 is 1.29 bits per heavy atom. The van der Waals surface area contributed by atoms with Crippen LogP contribution in [0, 0.1) is 0 Å². The topological polar surface area (TPSA) is 50.8 Å². The second-order valence-corrected chi connectivity index (χ2v) is 7.33. The van der Waals surface area contributed by atoms with Gasteiger partial charge in [-0.3, -0.25) is 9.69 Å². The van der Waals surface area contributed by atoms with Gasteiger partial charge in [-0.1, -0.05) is 24.6 Å². The van der Waals surface area contributed by atoms with Crippen LogP contribution in [-0.2, 0) is 9.53 Å². The molecule has 24 heavy (non-hydrogen) atoms. The van der Waals surface area contributed by atoms with Crippen molar-refractivity contribution in [3.8, 4) is 5.75 Å². The van der Waals surface area contributed by atoms with Gasteiger partial charge in [0.2, 0.25) is 5.91 Å². The highest BCUT2D eigenvalue weighted by atomic mass is 16.5. The van der Waals surface area contributed by atoms with Gasteiger partial charge in [0.25, 0.3) is 0 Å². The molecule has 0 radical (unpaired) electrons. The lowest BCUT2D eigenvalue weighted by atomic mass is 9.78. The lowest BCUT2D eigenvalue weighted by molar-refractivity contribution is -0.122. The Balaban J connectivity index is 1.71. The average molecular weight is 330 g/mol. The lowest BCUT2D eigenvalue weighted by Crippen LogP contribution is -2.54. The Bertz CT molecular complexity index is 616. The van der Waals surface area contributed by atoms with Gasteiger partial charge in [0.1, 0.15) is 5.75 Å². The van der Waals surface area contributed by atoms with Gasteiger partial charge >= 0.3 is 0 Å². The Morgan fingerprint density at radius 2 is 2.12 bits per heavy atom. The van der Waals surface area contributed by atoms with Crippen molar-refractivity contribution < 1.29 is 14.3 Å². The van der Waals surface area contributed by atoms with Gasteiger partial charge in [-0.15, -0.1) is 0 Å². The van der Waals surface area contributed by atoms with Crippen LogP contribution in [0.1, 0.15) is 37.2 Å². The zero-order valence-electron chi connectivity index (χ0n) is 14.3. The number of para-hydroxylation sites is 1. The standard InChI is InChI=1S/C19H26N2O3/c1-23-17-7-3-2-6-15(17)16-10-21(14-11-24-12-14)13-19(16)9-5-4-8-18(22)20-19/h2-3,6-7,14,16H,4-5,8-13H2,1H3,(H,20,22)/t16-,19+/m0/s1. The van der Waals surface area contributed by atoms with E-state index in [1.165, 1.54) is 5.56 Å². The maximum absolute atomic E-state index is 12.4. The molecule has 5 heteroatoms. The van der Waals surface area contributed by atoms with Crippen molar-refractivity contribution in [3.05, 3.63) is 29.8 Å². The van der Waals surface area contributed by atoms with Gasteiger partial charge in [0, 0.05) is 31.0 Å². The van der Waals surface area contributed by atoms with E-state index in [1.807, 2.05) is 12.1 Å². The fourth-order valence-corrected chi connectivity index (χ4v) is 4.52. The number of rotatable bonds is 3. The van der Waals surface area contributed by atoms with Crippen LogP contribution in [0.3, 0.4) is 0 Å². The fraction of sp³-hybridized carbons (Fsp3) is 0.632. The third-order valence-electron chi connectivity index (χ3n) is 5.89. The molecule has 3 aliphatic heterocycles. The summed E-state index contributed by atoms with van der Waals surface area (Å²) < 4.78 is 11.0. The van der Waals surface area contributed by atoms with E-state index in [0.29, 0.717) is 12.5 Å². The number of hydrogen-bond acceptors (Lipinski definition) is 4. The molecule has 3 saturated heterocycles. The monoisotopic (exact) mass is 330 g/mol. The molecule has 0 saturated carbocycles. The van der Waals surface area contributed by atoms with Crippen LogP contribution in [0.25, 0.3) is 0 Å². The van der Waals surface area contributed by atoms with Gasteiger partial charge in [-0.2, -0.15) is 0 Å². The minimum Gasteiger partial charge on any atom is -0.496 e. The quantitative estimate of drug-likeness (QED) is 0.920. The van der Waals surface area contributed by atoms with Gasteiger partial charge in [0.05, 0.1) is 31.9 Å². The van der Waals surface area contributed by atoms with Crippen molar-refractivity contribution in [2.45, 2.75) is 43.2 Å². The molecule has 1 aromatic rings. The fourth-order valence-electron chi connectivity index (χ4n) is 4.52. The van der Waals surface area contributed by atoms with Gasteiger partial charge in [0.15, 0.2) is 0 Å². The van der Waals surface area contributed by atoms with E-state index in [0.717, 1.165) is 51.3 Å². The van der Waals surface area contributed by atoms with Crippen molar-refractivity contribution in [1.29, 1.82) is 0 Å². The number of ether oxygens (including phenoxy) is 2. The summed E-state index contributed by atoms with van der Waals surface area (Å²) in [4.78, 5) is 14.9. The van der Waals surface area contributed by atoms with E-state index in [1.54, 1.807) is 7.11 Å². The van der Waals surface area contributed by atoms with Crippen molar-refractivity contribution in [2.75, 3.05) is 33.4 Å². The second-order valence-electron chi connectivity index (χ2n) is 7.33. The number of nitrogens with zero attached hydrogens (tertiary/aromatic N) is 1. The Hall–Kier alpha value is -1.59. The van der Waals surface area contributed by atoms with Crippen LogP contribution in [0.2, 0.25) is 0 Å². The summed E-state index contributed by atoms with van der Waals surface area (Å²) in [6, 6.07) is 8.74. The summed E-state index contributed by atoms with van der Waals surface area (Å²) >= 11 is 0. The molecule has 0 aromatic heterocycles.